The maximum Gasteiger partial charge on any atom is 0.257 e. The molecule has 148 valence electrons. The van der Waals surface area contributed by atoms with Gasteiger partial charge in [0.2, 0.25) is 5.91 Å². The fourth-order valence-electron chi connectivity index (χ4n) is 3.15. The normalized spacial score (nSPS) is 10.3. The number of amides is 2. The highest BCUT2D eigenvalue weighted by atomic mass is 16.2. The molecule has 0 saturated carbocycles. The van der Waals surface area contributed by atoms with E-state index < -0.39 is 0 Å². The third-order valence-electron chi connectivity index (χ3n) is 4.42. The molecule has 0 radical (unpaired) electrons. The number of benzene rings is 2. The molecule has 0 fully saturated rings. The summed E-state index contributed by atoms with van der Waals surface area (Å²) >= 11 is 0. The molecule has 6 nitrogen and oxygen atoms in total. The van der Waals surface area contributed by atoms with Crippen molar-refractivity contribution in [1.82, 2.24) is 4.98 Å². The highest BCUT2D eigenvalue weighted by molar-refractivity contribution is 6.05. The monoisotopic (exact) mass is 388 g/mol. The molecule has 0 spiro atoms. The minimum atomic E-state index is -0.196. The predicted octanol–water partition coefficient (Wildman–Crippen LogP) is 4.96. The molecule has 6 heteroatoms. The van der Waals surface area contributed by atoms with E-state index in [2.05, 4.69) is 20.9 Å². The van der Waals surface area contributed by atoms with Gasteiger partial charge in [-0.1, -0.05) is 17.7 Å². The van der Waals surface area contributed by atoms with Crippen LogP contribution in [0.3, 0.4) is 0 Å². The number of carbonyl (C=O) groups excluding carboxylic acids is 2. The lowest BCUT2D eigenvalue weighted by Crippen LogP contribution is -2.14. The number of rotatable bonds is 5. The van der Waals surface area contributed by atoms with E-state index in [0.717, 1.165) is 28.2 Å². The second-order valence-corrected chi connectivity index (χ2v) is 7.04. The Balaban J connectivity index is 1.67. The number of nitrogens with zero attached hydrogens (tertiary/aromatic N) is 1. The third kappa shape index (κ3) is 5.19. The van der Waals surface area contributed by atoms with Crippen LogP contribution in [-0.2, 0) is 4.79 Å². The number of aromatic nitrogens is 1. The van der Waals surface area contributed by atoms with Crippen LogP contribution in [0.5, 0.6) is 0 Å². The van der Waals surface area contributed by atoms with Crippen LogP contribution in [0.1, 0.15) is 34.0 Å². The molecule has 0 saturated heterocycles. The van der Waals surface area contributed by atoms with E-state index in [0.29, 0.717) is 11.4 Å². The van der Waals surface area contributed by atoms with E-state index in [1.165, 1.54) is 12.5 Å². The van der Waals surface area contributed by atoms with Gasteiger partial charge in [-0.2, -0.15) is 0 Å². The Bertz CT molecular complexity index is 1020. The maximum absolute atomic E-state index is 12.6. The first-order valence-electron chi connectivity index (χ1n) is 9.32. The van der Waals surface area contributed by atoms with Crippen molar-refractivity contribution in [2.24, 2.45) is 0 Å². The standard InChI is InChI=1S/C23H24N4O2/c1-14-11-15(2)22(16(3)12-14)27-23(29)18-5-10-21(24-13-18)26-20-8-6-19(7-9-20)25-17(4)28/h5-13H,1-4H3,(H,24,26)(H,25,28)(H,27,29). The maximum atomic E-state index is 12.6. The molecule has 0 bridgehead atoms. The molecule has 3 aromatic rings. The number of carbonyl (C=O) groups is 2. The second-order valence-electron chi connectivity index (χ2n) is 7.04. The summed E-state index contributed by atoms with van der Waals surface area (Å²) in [5.41, 5.74) is 6.10. The topological polar surface area (TPSA) is 83.1 Å². The van der Waals surface area contributed by atoms with Crippen molar-refractivity contribution in [3.8, 4) is 0 Å². The number of nitrogens with one attached hydrogen (secondary N) is 3. The summed E-state index contributed by atoms with van der Waals surface area (Å²) in [5, 5.41) is 8.87. The molecule has 0 aliphatic rings. The summed E-state index contributed by atoms with van der Waals surface area (Å²) in [5.74, 6) is 0.313. The highest BCUT2D eigenvalue weighted by Gasteiger charge is 2.11. The quantitative estimate of drug-likeness (QED) is 0.577. The lowest BCUT2D eigenvalue weighted by Gasteiger charge is -2.13. The Morgan fingerprint density at radius 1 is 0.828 bits per heavy atom. The first-order chi connectivity index (χ1) is 13.8. The summed E-state index contributed by atoms with van der Waals surface area (Å²) in [6.45, 7) is 7.47. The number of hydrogen-bond donors (Lipinski definition) is 3. The average Bonchev–Trinajstić information content (AvgIpc) is 2.66. The van der Waals surface area contributed by atoms with Crippen LogP contribution in [0, 0.1) is 20.8 Å². The van der Waals surface area contributed by atoms with E-state index in [9.17, 15) is 9.59 Å². The molecular weight excluding hydrogens is 364 g/mol. The molecule has 29 heavy (non-hydrogen) atoms. The van der Waals surface area contributed by atoms with Gasteiger partial charge in [-0.15, -0.1) is 0 Å². The van der Waals surface area contributed by atoms with E-state index in [1.54, 1.807) is 30.5 Å². The fourth-order valence-corrected chi connectivity index (χ4v) is 3.15. The summed E-state index contributed by atoms with van der Waals surface area (Å²) in [6.07, 6.45) is 1.54. The van der Waals surface area contributed by atoms with Crippen molar-refractivity contribution in [1.29, 1.82) is 0 Å². The molecule has 2 amide bonds. The first-order valence-corrected chi connectivity index (χ1v) is 9.32. The molecule has 2 aromatic carbocycles. The van der Waals surface area contributed by atoms with Gasteiger partial charge in [-0.05, 0) is 68.3 Å². The SMILES string of the molecule is CC(=O)Nc1ccc(Nc2ccc(C(=O)Nc3c(C)cc(C)cc3C)cn2)cc1. The van der Waals surface area contributed by atoms with Crippen LogP contribution in [0.2, 0.25) is 0 Å². The molecule has 1 aromatic heterocycles. The number of hydrogen-bond acceptors (Lipinski definition) is 4. The Morgan fingerprint density at radius 2 is 1.45 bits per heavy atom. The third-order valence-corrected chi connectivity index (χ3v) is 4.42. The highest BCUT2D eigenvalue weighted by Crippen LogP contribution is 2.23. The van der Waals surface area contributed by atoms with Gasteiger partial charge >= 0.3 is 0 Å². The first kappa shape index (κ1) is 20.1. The van der Waals surface area contributed by atoms with Crippen LogP contribution in [0.15, 0.2) is 54.7 Å². The van der Waals surface area contributed by atoms with Crippen LogP contribution < -0.4 is 16.0 Å². The summed E-state index contributed by atoms with van der Waals surface area (Å²) in [7, 11) is 0. The van der Waals surface area contributed by atoms with Crippen molar-refractivity contribution in [3.63, 3.8) is 0 Å². The van der Waals surface area contributed by atoms with Crippen molar-refractivity contribution in [2.45, 2.75) is 27.7 Å². The zero-order valence-corrected chi connectivity index (χ0v) is 17.0. The molecule has 3 N–H and O–H groups in total. The van der Waals surface area contributed by atoms with Crippen LogP contribution >= 0.6 is 0 Å². The molecule has 0 aliphatic carbocycles. The smallest absolute Gasteiger partial charge is 0.257 e. The summed E-state index contributed by atoms with van der Waals surface area (Å²) in [4.78, 5) is 28.0. The molecular formula is C23H24N4O2. The Hall–Kier alpha value is -3.67. The van der Waals surface area contributed by atoms with Gasteiger partial charge in [-0.25, -0.2) is 4.98 Å². The lowest BCUT2D eigenvalue weighted by molar-refractivity contribution is -0.114. The van der Waals surface area contributed by atoms with Crippen LogP contribution in [0.25, 0.3) is 0 Å². The largest absolute Gasteiger partial charge is 0.340 e. The van der Waals surface area contributed by atoms with E-state index in [4.69, 9.17) is 0 Å². The fraction of sp³-hybridized carbons (Fsp3) is 0.174. The van der Waals surface area contributed by atoms with Crippen LogP contribution in [0.4, 0.5) is 22.9 Å². The summed E-state index contributed by atoms with van der Waals surface area (Å²) < 4.78 is 0. The van der Waals surface area contributed by atoms with Crippen molar-refractivity contribution in [2.75, 3.05) is 16.0 Å². The van der Waals surface area contributed by atoms with Gasteiger partial charge in [0.1, 0.15) is 5.82 Å². The van der Waals surface area contributed by atoms with Gasteiger partial charge < -0.3 is 16.0 Å². The molecule has 0 aliphatic heterocycles. The molecule has 0 atom stereocenters. The Morgan fingerprint density at radius 3 is 2.00 bits per heavy atom. The van der Waals surface area contributed by atoms with E-state index >= 15 is 0 Å². The zero-order valence-electron chi connectivity index (χ0n) is 17.0. The van der Waals surface area contributed by atoms with Gasteiger partial charge in [0, 0.05) is 30.2 Å². The zero-order chi connectivity index (χ0) is 21.0. The van der Waals surface area contributed by atoms with Gasteiger partial charge in [0.15, 0.2) is 0 Å². The predicted molar refractivity (Wildman–Crippen MR) is 117 cm³/mol. The minimum absolute atomic E-state index is 0.114. The molecule has 3 rings (SSSR count). The van der Waals surface area contributed by atoms with Crippen LogP contribution in [-0.4, -0.2) is 16.8 Å². The summed E-state index contributed by atoms with van der Waals surface area (Å²) in [6, 6.07) is 14.9. The van der Waals surface area contributed by atoms with Gasteiger partial charge in [0.25, 0.3) is 5.91 Å². The van der Waals surface area contributed by atoms with Crippen molar-refractivity contribution >= 4 is 34.7 Å². The lowest BCUT2D eigenvalue weighted by atomic mass is 10.0. The Kier molecular flexibility index (Phi) is 5.93. The van der Waals surface area contributed by atoms with Gasteiger partial charge in [0.05, 0.1) is 5.56 Å². The Labute approximate surface area is 170 Å². The average molecular weight is 388 g/mol. The van der Waals surface area contributed by atoms with Crippen molar-refractivity contribution < 1.29 is 9.59 Å². The molecule has 1 heterocycles. The molecule has 0 unspecified atom stereocenters. The van der Waals surface area contributed by atoms with E-state index in [-0.39, 0.29) is 11.8 Å². The number of pyridine rings is 1. The van der Waals surface area contributed by atoms with E-state index in [1.807, 2.05) is 45.0 Å². The minimum Gasteiger partial charge on any atom is -0.340 e. The van der Waals surface area contributed by atoms with Crippen molar-refractivity contribution in [3.05, 3.63) is 77.0 Å². The van der Waals surface area contributed by atoms with Gasteiger partial charge in [-0.3, -0.25) is 9.59 Å². The number of anilines is 4. The number of aryl methyl sites for hydroxylation is 3. The second kappa shape index (κ2) is 8.56.